The third-order valence-electron chi connectivity index (χ3n) is 2.76. The van der Waals surface area contributed by atoms with Gasteiger partial charge in [0.25, 0.3) is 0 Å². The smallest absolute Gasteiger partial charge is 0.0669 e. The van der Waals surface area contributed by atoms with Crippen molar-refractivity contribution < 1.29 is 0 Å². The molecular formula is C12H14N2. The molecule has 72 valence electrons. The first-order chi connectivity index (χ1) is 6.92. The van der Waals surface area contributed by atoms with Crippen LogP contribution in [0.1, 0.15) is 30.0 Å². The van der Waals surface area contributed by atoms with Gasteiger partial charge in [-0.2, -0.15) is 5.26 Å². The molecule has 14 heavy (non-hydrogen) atoms. The Morgan fingerprint density at radius 1 is 1.43 bits per heavy atom. The van der Waals surface area contributed by atoms with Crippen LogP contribution in [0.2, 0.25) is 0 Å². The van der Waals surface area contributed by atoms with E-state index in [1.807, 2.05) is 6.07 Å². The van der Waals surface area contributed by atoms with Crippen molar-refractivity contribution in [3.63, 3.8) is 0 Å². The summed E-state index contributed by atoms with van der Waals surface area (Å²) in [5, 5.41) is 12.2. The lowest BCUT2D eigenvalue weighted by atomic mass is 9.97. The van der Waals surface area contributed by atoms with Gasteiger partial charge in [-0.3, -0.25) is 0 Å². The first-order valence-electron chi connectivity index (χ1n) is 5.10. The van der Waals surface area contributed by atoms with Crippen molar-refractivity contribution >= 4 is 0 Å². The molecule has 1 atom stereocenters. The maximum atomic E-state index is 8.72. The maximum Gasteiger partial charge on any atom is 0.0669 e. The zero-order valence-corrected chi connectivity index (χ0v) is 8.16. The quantitative estimate of drug-likeness (QED) is 0.768. The Balaban J connectivity index is 2.26. The van der Waals surface area contributed by atoms with Crippen LogP contribution in [-0.2, 0) is 6.42 Å². The van der Waals surface area contributed by atoms with Crippen molar-refractivity contribution in [2.24, 2.45) is 0 Å². The van der Waals surface area contributed by atoms with Gasteiger partial charge in [0.05, 0.1) is 12.5 Å². The van der Waals surface area contributed by atoms with E-state index < -0.39 is 0 Å². The van der Waals surface area contributed by atoms with Crippen LogP contribution in [0.5, 0.6) is 0 Å². The molecule has 2 heteroatoms. The fourth-order valence-corrected chi connectivity index (χ4v) is 2.07. The predicted molar refractivity (Wildman–Crippen MR) is 55.7 cm³/mol. The number of hydrogen-bond donors (Lipinski definition) is 1. The van der Waals surface area contributed by atoms with Crippen LogP contribution < -0.4 is 5.32 Å². The van der Waals surface area contributed by atoms with Gasteiger partial charge in [-0.15, -0.1) is 0 Å². The Morgan fingerprint density at radius 2 is 2.29 bits per heavy atom. The largest absolute Gasteiger partial charge is 0.310 e. The van der Waals surface area contributed by atoms with Gasteiger partial charge in [-0.25, -0.2) is 0 Å². The van der Waals surface area contributed by atoms with Gasteiger partial charge >= 0.3 is 0 Å². The highest BCUT2D eigenvalue weighted by molar-refractivity contribution is 5.32. The number of nitrogens with one attached hydrogen (secondary N) is 1. The molecule has 1 heterocycles. The molecule has 1 aromatic carbocycles. The summed E-state index contributed by atoms with van der Waals surface area (Å²) in [6, 6.07) is 10.9. The van der Waals surface area contributed by atoms with Gasteiger partial charge in [-0.1, -0.05) is 24.3 Å². The van der Waals surface area contributed by atoms with Crippen LogP contribution in [0.15, 0.2) is 24.3 Å². The molecule has 0 aromatic heterocycles. The molecule has 1 N–H and O–H groups in total. The van der Waals surface area contributed by atoms with Gasteiger partial charge < -0.3 is 5.32 Å². The summed E-state index contributed by atoms with van der Waals surface area (Å²) in [7, 11) is 0. The molecule has 1 saturated heterocycles. The minimum absolute atomic E-state index is 0.472. The SMILES string of the molecule is N#CCc1ccccc1C1CCCN1. The summed E-state index contributed by atoms with van der Waals surface area (Å²) in [5.41, 5.74) is 2.49. The van der Waals surface area contributed by atoms with E-state index in [-0.39, 0.29) is 0 Å². The van der Waals surface area contributed by atoms with Gasteiger partial charge in [0.1, 0.15) is 0 Å². The summed E-state index contributed by atoms with van der Waals surface area (Å²) in [5.74, 6) is 0. The third kappa shape index (κ3) is 1.78. The average molecular weight is 186 g/mol. The average Bonchev–Trinajstić information content (AvgIpc) is 2.72. The van der Waals surface area contributed by atoms with Crippen LogP contribution in [0.4, 0.5) is 0 Å². The highest BCUT2D eigenvalue weighted by Gasteiger charge is 2.18. The van der Waals surface area contributed by atoms with E-state index in [1.165, 1.54) is 24.0 Å². The van der Waals surface area contributed by atoms with Crippen molar-refractivity contribution in [3.05, 3.63) is 35.4 Å². The second kappa shape index (κ2) is 4.26. The van der Waals surface area contributed by atoms with E-state index in [1.54, 1.807) is 0 Å². The van der Waals surface area contributed by atoms with E-state index >= 15 is 0 Å². The zero-order chi connectivity index (χ0) is 9.80. The van der Waals surface area contributed by atoms with Gasteiger partial charge in [-0.05, 0) is 30.5 Å². The molecule has 1 aromatic rings. The van der Waals surface area contributed by atoms with Crippen LogP contribution in [-0.4, -0.2) is 6.54 Å². The molecule has 1 aliphatic rings. The summed E-state index contributed by atoms with van der Waals surface area (Å²) >= 11 is 0. The lowest BCUT2D eigenvalue weighted by molar-refractivity contribution is 0.642. The molecule has 2 nitrogen and oxygen atoms in total. The summed E-state index contributed by atoms with van der Waals surface area (Å²) in [6.45, 7) is 1.10. The monoisotopic (exact) mass is 186 g/mol. The fraction of sp³-hybridized carbons (Fsp3) is 0.417. The van der Waals surface area contributed by atoms with E-state index in [4.69, 9.17) is 5.26 Å². The lowest BCUT2D eigenvalue weighted by Gasteiger charge is -2.13. The first-order valence-corrected chi connectivity index (χ1v) is 5.10. The van der Waals surface area contributed by atoms with E-state index in [0.29, 0.717) is 12.5 Å². The van der Waals surface area contributed by atoms with Crippen molar-refractivity contribution in [1.82, 2.24) is 5.32 Å². The Labute approximate surface area is 84.6 Å². The second-order valence-corrected chi connectivity index (χ2v) is 3.68. The molecule has 0 aliphatic carbocycles. The fourth-order valence-electron chi connectivity index (χ4n) is 2.07. The van der Waals surface area contributed by atoms with E-state index in [2.05, 4.69) is 29.6 Å². The molecule has 0 bridgehead atoms. The third-order valence-corrected chi connectivity index (χ3v) is 2.76. The van der Waals surface area contributed by atoms with Gasteiger partial charge in [0.2, 0.25) is 0 Å². The van der Waals surface area contributed by atoms with Crippen LogP contribution in [0, 0.1) is 11.3 Å². The molecule has 1 fully saturated rings. The minimum Gasteiger partial charge on any atom is -0.310 e. The molecule has 0 saturated carbocycles. The van der Waals surface area contributed by atoms with Gasteiger partial charge in [0.15, 0.2) is 0 Å². The summed E-state index contributed by atoms with van der Waals surface area (Å²) in [4.78, 5) is 0. The minimum atomic E-state index is 0.472. The number of nitriles is 1. The molecule has 1 aliphatic heterocycles. The highest BCUT2D eigenvalue weighted by Crippen LogP contribution is 2.25. The number of nitrogens with zero attached hydrogens (tertiary/aromatic N) is 1. The number of benzene rings is 1. The molecular weight excluding hydrogens is 172 g/mol. The Hall–Kier alpha value is -1.33. The molecule has 0 radical (unpaired) electrons. The Kier molecular flexibility index (Phi) is 2.81. The zero-order valence-electron chi connectivity index (χ0n) is 8.16. The van der Waals surface area contributed by atoms with E-state index in [9.17, 15) is 0 Å². The Morgan fingerprint density at radius 3 is 3.00 bits per heavy atom. The maximum absolute atomic E-state index is 8.72. The normalized spacial score (nSPS) is 20.6. The topological polar surface area (TPSA) is 35.8 Å². The van der Waals surface area contributed by atoms with Crippen molar-refractivity contribution in [3.8, 4) is 6.07 Å². The standard InChI is InChI=1S/C12H14N2/c13-8-7-10-4-1-2-5-11(10)12-6-3-9-14-12/h1-2,4-5,12,14H,3,6-7,9H2. The molecule has 0 amide bonds. The molecule has 1 unspecified atom stereocenters. The van der Waals surface area contributed by atoms with Crippen LogP contribution in [0.3, 0.4) is 0 Å². The van der Waals surface area contributed by atoms with Crippen molar-refractivity contribution in [1.29, 1.82) is 5.26 Å². The van der Waals surface area contributed by atoms with Crippen LogP contribution >= 0.6 is 0 Å². The van der Waals surface area contributed by atoms with Crippen molar-refractivity contribution in [2.75, 3.05) is 6.54 Å². The number of rotatable bonds is 2. The highest BCUT2D eigenvalue weighted by atomic mass is 14.9. The summed E-state index contributed by atoms with van der Waals surface area (Å²) in [6.07, 6.45) is 2.96. The molecule has 0 spiro atoms. The van der Waals surface area contributed by atoms with Crippen LogP contribution in [0.25, 0.3) is 0 Å². The van der Waals surface area contributed by atoms with E-state index in [0.717, 1.165) is 6.54 Å². The second-order valence-electron chi connectivity index (χ2n) is 3.68. The Bertz CT molecular complexity index is 346. The number of hydrogen-bond acceptors (Lipinski definition) is 2. The first kappa shape index (κ1) is 9.23. The predicted octanol–water partition coefficient (Wildman–Crippen LogP) is 2.18. The summed E-state index contributed by atoms with van der Waals surface area (Å²) < 4.78 is 0. The lowest BCUT2D eigenvalue weighted by Crippen LogP contribution is -2.14. The molecule has 2 rings (SSSR count). The van der Waals surface area contributed by atoms with Gasteiger partial charge in [0, 0.05) is 6.04 Å². The van der Waals surface area contributed by atoms with Crippen molar-refractivity contribution in [2.45, 2.75) is 25.3 Å².